The highest BCUT2D eigenvalue weighted by molar-refractivity contribution is 4.92. The number of ether oxygens (including phenoxy) is 1. The number of halogens is 3. The van der Waals surface area contributed by atoms with Gasteiger partial charge in [-0.2, -0.15) is 13.2 Å². The van der Waals surface area contributed by atoms with E-state index in [0.717, 1.165) is 5.82 Å². The molecule has 0 aliphatic carbocycles. The van der Waals surface area contributed by atoms with Crippen molar-refractivity contribution in [2.45, 2.75) is 19.1 Å². The van der Waals surface area contributed by atoms with Crippen LogP contribution in [-0.4, -0.2) is 35.5 Å². The molecule has 92 valence electrons. The number of nitrogens with two attached hydrogens (primary N) is 1. The molecule has 0 aliphatic rings. The summed E-state index contributed by atoms with van der Waals surface area (Å²) in [4.78, 5) is 4.04. The molecule has 0 fully saturated rings. The molecule has 0 atom stereocenters. The summed E-state index contributed by atoms with van der Waals surface area (Å²) >= 11 is 0. The number of alkyl halides is 3. The molecule has 1 aromatic rings. The summed E-state index contributed by atoms with van der Waals surface area (Å²) in [5, 5.41) is 0. The second kappa shape index (κ2) is 5.86. The van der Waals surface area contributed by atoms with Crippen LogP contribution in [0, 0.1) is 0 Å². The normalized spacial score (nSPS) is 12.0. The van der Waals surface area contributed by atoms with Gasteiger partial charge in [-0.3, -0.25) is 0 Å². The minimum absolute atomic E-state index is 0.00738. The smallest absolute Gasteiger partial charge is 0.370 e. The molecule has 0 bridgehead atoms. The van der Waals surface area contributed by atoms with Gasteiger partial charge in [0.1, 0.15) is 12.4 Å². The summed E-state index contributed by atoms with van der Waals surface area (Å²) in [5.74, 6) is 0.762. The largest absolute Gasteiger partial charge is 0.411 e. The first-order valence-corrected chi connectivity index (χ1v) is 4.87. The molecule has 7 heteroatoms. The fraction of sp³-hybridized carbons (Fsp3) is 0.667. The van der Waals surface area contributed by atoms with Gasteiger partial charge in [-0.25, -0.2) is 4.98 Å². The Kier molecular flexibility index (Phi) is 4.75. The van der Waals surface area contributed by atoms with Gasteiger partial charge in [0.05, 0.1) is 6.61 Å². The number of aromatic nitrogens is 2. The number of imidazole rings is 1. The lowest BCUT2D eigenvalue weighted by atomic mass is 10.4. The SMILES string of the molecule is NCCc1nccn1CCOCC(F)(F)F. The van der Waals surface area contributed by atoms with Gasteiger partial charge in [0.2, 0.25) is 0 Å². The van der Waals surface area contributed by atoms with E-state index in [-0.39, 0.29) is 6.61 Å². The van der Waals surface area contributed by atoms with Gasteiger partial charge in [0.15, 0.2) is 0 Å². The standard InChI is InChI=1S/C9H14F3N3O/c10-9(11,12)7-16-6-5-15-4-3-14-8(15)1-2-13/h3-4H,1-2,5-7,13H2. The highest BCUT2D eigenvalue weighted by atomic mass is 19.4. The van der Waals surface area contributed by atoms with E-state index in [4.69, 9.17) is 5.73 Å². The molecule has 1 aromatic heterocycles. The Morgan fingerprint density at radius 3 is 2.81 bits per heavy atom. The topological polar surface area (TPSA) is 53.1 Å². The summed E-state index contributed by atoms with van der Waals surface area (Å²) in [6.07, 6.45) is -0.377. The lowest BCUT2D eigenvalue weighted by Crippen LogP contribution is -2.19. The van der Waals surface area contributed by atoms with E-state index >= 15 is 0 Å². The van der Waals surface area contributed by atoms with E-state index in [1.54, 1.807) is 17.0 Å². The Labute approximate surface area is 91.2 Å². The van der Waals surface area contributed by atoms with Gasteiger partial charge in [0.25, 0.3) is 0 Å². The summed E-state index contributed by atoms with van der Waals surface area (Å²) < 4.78 is 41.5. The van der Waals surface area contributed by atoms with Gasteiger partial charge in [-0.15, -0.1) is 0 Å². The molecule has 1 heterocycles. The van der Waals surface area contributed by atoms with Crippen LogP contribution in [0.25, 0.3) is 0 Å². The van der Waals surface area contributed by atoms with Crippen LogP contribution in [0.3, 0.4) is 0 Å². The third-order valence-electron chi connectivity index (χ3n) is 1.91. The third kappa shape index (κ3) is 4.63. The predicted octanol–water partition coefficient (Wildman–Crippen LogP) is 0.963. The van der Waals surface area contributed by atoms with Crippen molar-refractivity contribution in [3.8, 4) is 0 Å². The molecule has 0 saturated carbocycles. The van der Waals surface area contributed by atoms with Gasteiger partial charge >= 0.3 is 6.18 Å². The van der Waals surface area contributed by atoms with Crippen LogP contribution >= 0.6 is 0 Å². The average molecular weight is 237 g/mol. The molecular formula is C9H14F3N3O. The zero-order chi connectivity index (χ0) is 12.0. The van der Waals surface area contributed by atoms with Crippen molar-refractivity contribution in [1.29, 1.82) is 0 Å². The van der Waals surface area contributed by atoms with Crippen molar-refractivity contribution in [2.24, 2.45) is 5.73 Å². The minimum Gasteiger partial charge on any atom is -0.370 e. The van der Waals surface area contributed by atoms with Crippen LogP contribution in [0.15, 0.2) is 12.4 Å². The maximum absolute atomic E-state index is 11.8. The summed E-state index contributed by atoms with van der Waals surface area (Å²) in [7, 11) is 0. The Hall–Kier alpha value is -1.08. The van der Waals surface area contributed by atoms with E-state index in [0.29, 0.717) is 19.5 Å². The Morgan fingerprint density at radius 2 is 2.19 bits per heavy atom. The van der Waals surface area contributed by atoms with Crippen LogP contribution in [-0.2, 0) is 17.7 Å². The van der Waals surface area contributed by atoms with Crippen LogP contribution in [0.4, 0.5) is 13.2 Å². The van der Waals surface area contributed by atoms with E-state index in [9.17, 15) is 13.2 Å². The van der Waals surface area contributed by atoms with E-state index in [2.05, 4.69) is 9.72 Å². The van der Waals surface area contributed by atoms with Crippen molar-refractivity contribution in [3.63, 3.8) is 0 Å². The lowest BCUT2D eigenvalue weighted by molar-refractivity contribution is -0.174. The molecule has 0 aromatic carbocycles. The monoisotopic (exact) mass is 237 g/mol. The fourth-order valence-electron chi connectivity index (χ4n) is 1.25. The van der Waals surface area contributed by atoms with Gasteiger partial charge < -0.3 is 15.0 Å². The number of hydrogen-bond acceptors (Lipinski definition) is 3. The summed E-state index contributed by atoms with van der Waals surface area (Å²) in [5.41, 5.74) is 5.37. The third-order valence-corrected chi connectivity index (χ3v) is 1.91. The zero-order valence-electron chi connectivity index (χ0n) is 8.70. The molecular weight excluding hydrogens is 223 g/mol. The minimum atomic E-state index is -4.27. The van der Waals surface area contributed by atoms with Crippen molar-refractivity contribution >= 4 is 0 Å². The molecule has 1 rings (SSSR count). The molecule has 4 nitrogen and oxygen atoms in total. The molecule has 2 N–H and O–H groups in total. The Balaban J connectivity index is 2.29. The van der Waals surface area contributed by atoms with Crippen molar-refractivity contribution in [1.82, 2.24) is 9.55 Å². The maximum Gasteiger partial charge on any atom is 0.411 e. The van der Waals surface area contributed by atoms with E-state index < -0.39 is 12.8 Å². The highest BCUT2D eigenvalue weighted by Crippen LogP contribution is 2.14. The Bertz CT molecular complexity index is 311. The highest BCUT2D eigenvalue weighted by Gasteiger charge is 2.27. The second-order valence-electron chi connectivity index (χ2n) is 3.24. The van der Waals surface area contributed by atoms with Crippen LogP contribution in [0.1, 0.15) is 5.82 Å². The first-order valence-electron chi connectivity index (χ1n) is 4.87. The number of hydrogen-bond donors (Lipinski definition) is 1. The van der Waals surface area contributed by atoms with E-state index in [1.165, 1.54) is 0 Å². The van der Waals surface area contributed by atoms with Crippen LogP contribution in [0.2, 0.25) is 0 Å². The first-order chi connectivity index (χ1) is 7.53. The molecule has 0 spiro atoms. The van der Waals surface area contributed by atoms with Crippen molar-refractivity contribution in [2.75, 3.05) is 19.8 Å². The molecule has 0 unspecified atom stereocenters. The van der Waals surface area contributed by atoms with Gasteiger partial charge in [0, 0.05) is 25.4 Å². The molecule has 0 radical (unpaired) electrons. The Morgan fingerprint density at radius 1 is 1.44 bits per heavy atom. The number of nitrogens with zero attached hydrogens (tertiary/aromatic N) is 2. The number of rotatable bonds is 6. The van der Waals surface area contributed by atoms with Crippen LogP contribution < -0.4 is 5.73 Å². The molecule has 0 aliphatic heterocycles. The summed E-state index contributed by atoms with van der Waals surface area (Å²) in [6, 6.07) is 0. The average Bonchev–Trinajstić information content (AvgIpc) is 2.60. The fourth-order valence-corrected chi connectivity index (χ4v) is 1.25. The zero-order valence-corrected chi connectivity index (χ0v) is 8.70. The lowest BCUT2D eigenvalue weighted by Gasteiger charge is -2.09. The van der Waals surface area contributed by atoms with Crippen molar-refractivity contribution in [3.05, 3.63) is 18.2 Å². The summed E-state index contributed by atoms with van der Waals surface area (Å²) in [6.45, 7) is -0.396. The molecule has 16 heavy (non-hydrogen) atoms. The quantitative estimate of drug-likeness (QED) is 0.750. The second-order valence-corrected chi connectivity index (χ2v) is 3.24. The predicted molar refractivity (Wildman–Crippen MR) is 51.9 cm³/mol. The van der Waals surface area contributed by atoms with Crippen molar-refractivity contribution < 1.29 is 17.9 Å². The van der Waals surface area contributed by atoms with E-state index in [1.807, 2.05) is 0 Å². The first kappa shape index (κ1) is 13.0. The van der Waals surface area contributed by atoms with Crippen LogP contribution in [0.5, 0.6) is 0 Å². The van der Waals surface area contributed by atoms with Gasteiger partial charge in [-0.05, 0) is 6.54 Å². The van der Waals surface area contributed by atoms with Gasteiger partial charge in [-0.1, -0.05) is 0 Å². The maximum atomic E-state index is 11.8. The molecule has 0 amide bonds. The molecule has 0 saturated heterocycles.